The van der Waals surface area contributed by atoms with Crippen LogP contribution in [0.3, 0.4) is 0 Å². The van der Waals surface area contributed by atoms with Crippen molar-refractivity contribution in [2.24, 2.45) is 0 Å². The van der Waals surface area contributed by atoms with E-state index in [0.717, 1.165) is 5.56 Å². The van der Waals surface area contributed by atoms with Crippen LogP contribution >= 0.6 is 0 Å². The Labute approximate surface area is 116 Å². The maximum absolute atomic E-state index is 13.7. The number of anilines is 2. The molecule has 0 bridgehead atoms. The van der Waals surface area contributed by atoms with E-state index < -0.39 is 11.7 Å². The van der Waals surface area contributed by atoms with Gasteiger partial charge in [0.15, 0.2) is 0 Å². The number of benzene rings is 1. The van der Waals surface area contributed by atoms with Crippen molar-refractivity contribution in [3.05, 3.63) is 40.8 Å². The third-order valence-electron chi connectivity index (χ3n) is 3.00. The molecule has 106 valence electrons. The molecule has 0 radical (unpaired) electrons. The molecule has 0 aliphatic carbocycles. The zero-order valence-corrected chi connectivity index (χ0v) is 11.6. The Morgan fingerprint density at radius 1 is 1.40 bits per heavy atom. The van der Waals surface area contributed by atoms with Gasteiger partial charge in [0.25, 0.3) is 5.91 Å². The maximum Gasteiger partial charge on any atom is 0.260 e. The molecule has 6 heteroatoms. The van der Waals surface area contributed by atoms with E-state index in [1.165, 1.54) is 12.1 Å². The summed E-state index contributed by atoms with van der Waals surface area (Å²) in [5, 5.41) is 9.21. The van der Waals surface area contributed by atoms with Crippen LogP contribution in [-0.4, -0.2) is 17.6 Å². The summed E-state index contributed by atoms with van der Waals surface area (Å²) in [6.07, 6.45) is 0. The summed E-state index contributed by atoms with van der Waals surface area (Å²) in [6, 6.07) is 4.34. The minimum absolute atomic E-state index is 0.182. The molecule has 0 saturated carbocycles. The van der Waals surface area contributed by atoms with Gasteiger partial charge in [0.1, 0.15) is 5.82 Å². The fraction of sp³-hybridized carbons (Fsp3) is 0.286. The first kappa shape index (κ1) is 14.0. The van der Waals surface area contributed by atoms with E-state index in [2.05, 4.69) is 15.8 Å². The van der Waals surface area contributed by atoms with Crippen molar-refractivity contribution in [1.82, 2.24) is 5.16 Å². The highest BCUT2D eigenvalue weighted by Gasteiger charge is 2.18. The Balaban J connectivity index is 2.30. The Morgan fingerprint density at radius 2 is 2.15 bits per heavy atom. The molecule has 0 spiro atoms. The van der Waals surface area contributed by atoms with E-state index in [1.54, 1.807) is 19.9 Å². The van der Waals surface area contributed by atoms with Crippen molar-refractivity contribution in [2.75, 3.05) is 17.2 Å². The van der Waals surface area contributed by atoms with Crippen LogP contribution in [-0.2, 0) is 0 Å². The molecule has 2 aromatic rings. The zero-order valence-electron chi connectivity index (χ0n) is 11.6. The summed E-state index contributed by atoms with van der Waals surface area (Å²) >= 11 is 0. The van der Waals surface area contributed by atoms with Crippen LogP contribution in [0.4, 0.5) is 16.0 Å². The lowest BCUT2D eigenvalue weighted by atomic mass is 10.1. The molecule has 0 unspecified atom stereocenters. The number of hydrogen-bond donors (Lipinski definition) is 2. The maximum atomic E-state index is 13.7. The molecule has 5 nitrogen and oxygen atoms in total. The van der Waals surface area contributed by atoms with Crippen molar-refractivity contribution in [2.45, 2.75) is 20.8 Å². The van der Waals surface area contributed by atoms with E-state index in [-0.39, 0.29) is 17.1 Å². The van der Waals surface area contributed by atoms with Crippen molar-refractivity contribution < 1.29 is 13.7 Å². The number of halogens is 1. The summed E-state index contributed by atoms with van der Waals surface area (Å²) in [6.45, 7) is 5.92. The number of nitrogens with one attached hydrogen (secondary N) is 2. The number of carbonyl (C=O) groups excluding carboxylic acids is 1. The van der Waals surface area contributed by atoms with Crippen LogP contribution in [0.5, 0.6) is 0 Å². The van der Waals surface area contributed by atoms with Crippen LogP contribution in [0.1, 0.15) is 28.5 Å². The topological polar surface area (TPSA) is 67.2 Å². The Kier molecular flexibility index (Phi) is 4.02. The van der Waals surface area contributed by atoms with Gasteiger partial charge in [-0.25, -0.2) is 4.39 Å². The molecule has 1 aromatic carbocycles. The largest absolute Gasteiger partial charge is 0.382 e. The predicted octanol–water partition coefficient (Wildman–Crippen LogP) is 3.11. The Morgan fingerprint density at radius 3 is 2.75 bits per heavy atom. The number of aromatic nitrogens is 1. The SMILES string of the molecule is CCNc1c(F)cccc1C(=O)Nc1onc(C)c1C. The molecule has 20 heavy (non-hydrogen) atoms. The lowest BCUT2D eigenvalue weighted by molar-refractivity contribution is 0.102. The molecule has 1 amide bonds. The van der Waals surface area contributed by atoms with Gasteiger partial charge in [-0.05, 0) is 32.9 Å². The number of para-hydroxylation sites is 1. The molecule has 0 fully saturated rings. The van der Waals surface area contributed by atoms with E-state index in [9.17, 15) is 9.18 Å². The highest BCUT2D eigenvalue weighted by atomic mass is 19.1. The normalized spacial score (nSPS) is 10.4. The molecule has 2 rings (SSSR count). The molecule has 0 aliphatic rings. The van der Waals surface area contributed by atoms with Crippen molar-refractivity contribution in [1.29, 1.82) is 0 Å². The fourth-order valence-corrected chi connectivity index (χ4v) is 1.77. The molecule has 0 aliphatic heterocycles. The average Bonchev–Trinajstić information content (AvgIpc) is 2.73. The van der Waals surface area contributed by atoms with E-state index in [4.69, 9.17) is 4.52 Å². The first-order chi connectivity index (χ1) is 9.54. The minimum atomic E-state index is -0.468. The molecule has 2 N–H and O–H groups in total. The highest BCUT2D eigenvalue weighted by molar-refractivity contribution is 6.07. The zero-order chi connectivity index (χ0) is 14.7. The monoisotopic (exact) mass is 277 g/mol. The second kappa shape index (κ2) is 5.73. The van der Waals surface area contributed by atoms with Gasteiger partial charge in [-0.1, -0.05) is 11.2 Å². The van der Waals surface area contributed by atoms with Crippen LogP contribution in [0.15, 0.2) is 22.7 Å². The van der Waals surface area contributed by atoms with Crippen LogP contribution < -0.4 is 10.6 Å². The average molecular weight is 277 g/mol. The molecule has 1 heterocycles. The van der Waals surface area contributed by atoms with Gasteiger partial charge in [-0.15, -0.1) is 0 Å². The van der Waals surface area contributed by atoms with Gasteiger partial charge in [0.05, 0.1) is 16.9 Å². The molecule has 0 saturated heterocycles. The lowest BCUT2D eigenvalue weighted by Gasteiger charge is -2.11. The smallest absolute Gasteiger partial charge is 0.260 e. The van der Waals surface area contributed by atoms with Gasteiger partial charge in [-0.3, -0.25) is 10.1 Å². The second-order valence-electron chi connectivity index (χ2n) is 4.37. The van der Waals surface area contributed by atoms with Crippen LogP contribution in [0.2, 0.25) is 0 Å². The van der Waals surface area contributed by atoms with Gasteiger partial charge >= 0.3 is 0 Å². The number of nitrogens with zero attached hydrogens (tertiary/aromatic N) is 1. The van der Waals surface area contributed by atoms with Crippen LogP contribution in [0.25, 0.3) is 0 Å². The van der Waals surface area contributed by atoms with E-state index in [1.807, 2.05) is 6.92 Å². The molecule has 0 atom stereocenters. The number of amides is 1. The molecular formula is C14H16FN3O2. The van der Waals surface area contributed by atoms with Gasteiger partial charge in [0.2, 0.25) is 5.88 Å². The number of carbonyl (C=O) groups is 1. The standard InChI is InChI=1S/C14H16FN3O2/c1-4-16-12-10(6-5-7-11(12)15)13(19)17-14-8(2)9(3)18-20-14/h5-7,16H,4H2,1-3H3,(H,17,19). The van der Waals surface area contributed by atoms with Gasteiger partial charge in [-0.2, -0.15) is 0 Å². The lowest BCUT2D eigenvalue weighted by Crippen LogP contribution is -2.16. The molecular weight excluding hydrogens is 261 g/mol. The van der Waals surface area contributed by atoms with Gasteiger partial charge in [0, 0.05) is 12.1 Å². The third-order valence-corrected chi connectivity index (χ3v) is 3.00. The first-order valence-electron chi connectivity index (χ1n) is 6.31. The number of aryl methyl sites for hydroxylation is 1. The molecule has 1 aromatic heterocycles. The number of hydrogen-bond acceptors (Lipinski definition) is 4. The third kappa shape index (κ3) is 2.64. The van der Waals surface area contributed by atoms with Crippen LogP contribution in [0, 0.1) is 19.7 Å². The summed E-state index contributed by atoms with van der Waals surface area (Å²) < 4.78 is 18.8. The van der Waals surface area contributed by atoms with E-state index in [0.29, 0.717) is 12.2 Å². The van der Waals surface area contributed by atoms with E-state index >= 15 is 0 Å². The summed E-state index contributed by atoms with van der Waals surface area (Å²) in [4.78, 5) is 12.2. The van der Waals surface area contributed by atoms with Gasteiger partial charge < -0.3 is 9.84 Å². The summed E-state index contributed by atoms with van der Waals surface area (Å²) in [7, 11) is 0. The summed E-state index contributed by atoms with van der Waals surface area (Å²) in [5.41, 5.74) is 1.85. The number of rotatable bonds is 4. The second-order valence-corrected chi connectivity index (χ2v) is 4.37. The Bertz CT molecular complexity index is 637. The predicted molar refractivity (Wildman–Crippen MR) is 74.5 cm³/mol. The highest BCUT2D eigenvalue weighted by Crippen LogP contribution is 2.23. The quantitative estimate of drug-likeness (QED) is 0.901. The first-order valence-corrected chi connectivity index (χ1v) is 6.31. The van der Waals surface area contributed by atoms with Crippen molar-refractivity contribution in [3.63, 3.8) is 0 Å². The Hall–Kier alpha value is -2.37. The van der Waals surface area contributed by atoms with Crippen molar-refractivity contribution in [3.8, 4) is 0 Å². The minimum Gasteiger partial charge on any atom is -0.382 e. The summed E-state index contributed by atoms with van der Waals surface area (Å²) in [5.74, 6) is -0.635. The van der Waals surface area contributed by atoms with Crippen molar-refractivity contribution >= 4 is 17.5 Å². The fourth-order valence-electron chi connectivity index (χ4n) is 1.77.